The van der Waals surface area contributed by atoms with Gasteiger partial charge in [0.1, 0.15) is 11.6 Å². The molecule has 0 aliphatic carbocycles. The molecular formula is C11H13F2N3. The molecule has 0 saturated carbocycles. The first kappa shape index (κ1) is 10.9. The smallest absolute Gasteiger partial charge is 0.191 e. The number of likely N-dealkylation sites (N-methyl/N-ethyl adjacent to an activating group) is 1. The first-order valence-electron chi connectivity index (χ1n) is 4.95. The zero-order valence-corrected chi connectivity index (χ0v) is 9.17. The van der Waals surface area contributed by atoms with Crippen LogP contribution in [0.1, 0.15) is 12.5 Å². The third-order valence-electron chi connectivity index (χ3n) is 3.13. The summed E-state index contributed by atoms with van der Waals surface area (Å²) in [6.07, 6.45) is 0. The van der Waals surface area contributed by atoms with E-state index in [0.717, 1.165) is 0 Å². The summed E-state index contributed by atoms with van der Waals surface area (Å²) in [5, 5.41) is 0. The van der Waals surface area contributed by atoms with Crippen LogP contribution in [-0.4, -0.2) is 24.5 Å². The van der Waals surface area contributed by atoms with Crippen molar-refractivity contribution in [2.75, 3.05) is 13.6 Å². The first-order chi connectivity index (χ1) is 7.47. The third-order valence-corrected chi connectivity index (χ3v) is 3.13. The molecule has 1 aromatic rings. The third kappa shape index (κ3) is 1.35. The van der Waals surface area contributed by atoms with Gasteiger partial charge in [0.15, 0.2) is 5.96 Å². The Hall–Kier alpha value is -1.65. The van der Waals surface area contributed by atoms with E-state index in [1.807, 2.05) is 0 Å². The molecule has 0 aromatic heterocycles. The van der Waals surface area contributed by atoms with Gasteiger partial charge >= 0.3 is 0 Å². The van der Waals surface area contributed by atoms with Crippen molar-refractivity contribution in [2.45, 2.75) is 12.5 Å². The van der Waals surface area contributed by atoms with Crippen LogP contribution in [0, 0.1) is 11.6 Å². The van der Waals surface area contributed by atoms with Crippen molar-refractivity contribution in [3.63, 3.8) is 0 Å². The van der Waals surface area contributed by atoms with Gasteiger partial charge in [0.25, 0.3) is 0 Å². The van der Waals surface area contributed by atoms with Crippen LogP contribution < -0.4 is 5.73 Å². The van der Waals surface area contributed by atoms with E-state index in [2.05, 4.69) is 4.99 Å². The van der Waals surface area contributed by atoms with E-state index in [9.17, 15) is 8.78 Å². The van der Waals surface area contributed by atoms with Crippen LogP contribution in [0.4, 0.5) is 8.78 Å². The number of halogens is 2. The maximum atomic E-state index is 13.7. The molecule has 5 heteroatoms. The van der Waals surface area contributed by atoms with Gasteiger partial charge in [0, 0.05) is 7.05 Å². The van der Waals surface area contributed by atoms with Gasteiger partial charge in [-0.25, -0.2) is 8.78 Å². The molecule has 0 spiro atoms. The number of guanidine groups is 1. The molecule has 0 bridgehead atoms. The summed E-state index contributed by atoms with van der Waals surface area (Å²) in [6.45, 7) is 1.98. The van der Waals surface area contributed by atoms with Crippen molar-refractivity contribution in [3.05, 3.63) is 35.4 Å². The lowest BCUT2D eigenvalue weighted by Gasteiger charge is -2.33. The van der Waals surface area contributed by atoms with Crippen molar-refractivity contribution in [3.8, 4) is 0 Å². The molecule has 86 valence electrons. The Morgan fingerprint density at radius 2 is 1.94 bits per heavy atom. The van der Waals surface area contributed by atoms with Crippen LogP contribution in [0.25, 0.3) is 0 Å². The van der Waals surface area contributed by atoms with E-state index in [-0.39, 0.29) is 12.1 Å². The SMILES string of the molecule is CN1C(N)=NCC1(C)c1c(F)cccc1F. The Morgan fingerprint density at radius 3 is 2.38 bits per heavy atom. The molecule has 1 heterocycles. The summed E-state index contributed by atoms with van der Waals surface area (Å²) in [4.78, 5) is 5.61. The highest BCUT2D eigenvalue weighted by Crippen LogP contribution is 2.34. The standard InChI is InChI=1S/C11H13F2N3/c1-11(6-15-10(14)16(11)2)9-7(12)4-3-5-8(9)13/h3-5H,6H2,1-2H3,(H2,14,15). The predicted octanol–water partition coefficient (Wildman–Crippen LogP) is 1.44. The van der Waals surface area contributed by atoms with Gasteiger partial charge < -0.3 is 10.6 Å². The summed E-state index contributed by atoms with van der Waals surface area (Å²) in [6, 6.07) is 3.83. The second-order valence-electron chi connectivity index (χ2n) is 4.10. The Morgan fingerprint density at radius 1 is 1.38 bits per heavy atom. The Bertz CT molecular complexity index is 438. The van der Waals surface area contributed by atoms with Crippen molar-refractivity contribution >= 4 is 5.96 Å². The summed E-state index contributed by atoms with van der Waals surface area (Å²) in [5.41, 5.74) is 4.79. The van der Waals surface area contributed by atoms with Gasteiger partial charge in [-0.05, 0) is 19.1 Å². The fraction of sp³-hybridized carbons (Fsp3) is 0.364. The van der Waals surface area contributed by atoms with Gasteiger partial charge in [-0.15, -0.1) is 0 Å². The van der Waals surface area contributed by atoms with Crippen molar-refractivity contribution in [1.29, 1.82) is 0 Å². The van der Waals surface area contributed by atoms with Gasteiger partial charge in [-0.2, -0.15) is 0 Å². The molecule has 0 fully saturated rings. The van der Waals surface area contributed by atoms with E-state index in [4.69, 9.17) is 5.73 Å². The number of benzene rings is 1. The number of rotatable bonds is 1. The lowest BCUT2D eigenvalue weighted by atomic mass is 9.90. The molecule has 16 heavy (non-hydrogen) atoms. The maximum absolute atomic E-state index is 13.7. The molecule has 0 amide bonds. The van der Waals surface area contributed by atoms with Crippen LogP contribution >= 0.6 is 0 Å². The van der Waals surface area contributed by atoms with Gasteiger partial charge in [-0.1, -0.05) is 6.07 Å². The normalized spacial score (nSPS) is 24.8. The minimum atomic E-state index is -0.848. The van der Waals surface area contributed by atoms with Crippen LogP contribution in [0.15, 0.2) is 23.2 Å². The fourth-order valence-corrected chi connectivity index (χ4v) is 1.96. The lowest BCUT2D eigenvalue weighted by Crippen LogP contribution is -2.45. The van der Waals surface area contributed by atoms with Crippen molar-refractivity contribution in [1.82, 2.24) is 4.90 Å². The van der Waals surface area contributed by atoms with E-state index < -0.39 is 17.2 Å². The van der Waals surface area contributed by atoms with E-state index in [1.54, 1.807) is 18.9 Å². The average molecular weight is 225 g/mol. The minimum Gasteiger partial charge on any atom is -0.370 e. The number of aliphatic imine (C=N–C) groups is 1. The summed E-state index contributed by atoms with van der Waals surface area (Å²) in [7, 11) is 1.68. The number of nitrogens with zero attached hydrogens (tertiary/aromatic N) is 2. The molecule has 1 unspecified atom stereocenters. The predicted molar refractivity (Wildman–Crippen MR) is 58.0 cm³/mol. The van der Waals surface area contributed by atoms with Crippen LogP contribution in [0.3, 0.4) is 0 Å². The topological polar surface area (TPSA) is 41.6 Å². The quantitative estimate of drug-likeness (QED) is 0.785. The molecular weight excluding hydrogens is 212 g/mol. The van der Waals surface area contributed by atoms with Gasteiger partial charge in [0.05, 0.1) is 17.6 Å². The van der Waals surface area contributed by atoms with Crippen LogP contribution in [-0.2, 0) is 5.54 Å². The minimum absolute atomic E-state index is 0.0155. The molecule has 3 nitrogen and oxygen atoms in total. The Labute approximate surface area is 92.6 Å². The molecule has 1 aliphatic rings. The Kier molecular flexibility index (Phi) is 2.33. The highest BCUT2D eigenvalue weighted by Gasteiger charge is 2.41. The molecule has 1 atom stereocenters. The summed E-state index contributed by atoms with van der Waals surface area (Å²) in [5.74, 6) is -0.844. The van der Waals surface area contributed by atoms with Crippen LogP contribution in [0.5, 0.6) is 0 Å². The molecule has 1 aliphatic heterocycles. The van der Waals surface area contributed by atoms with Crippen LogP contribution in [0.2, 0.25) is 0 Å². The monoisotopic (exact) mass is 225 g/mol. The van der Waals surface area contributed by atoms with E-state index in [0.29, 0.717) is 5.96 Å². The zero-order chi connectivity index (χ0) is 11.9. The highest BCUT2D eigenvalue weighted by molar-refractivity contribution is 5.81. The molecule has 0 saturated heterocycles. The second kappa shape index (κ2) is 3.43. The number of hydrogen-bond donors (Lipinski definition) is 1. The number of nitrogens with two attached hydrogens (primary N) is 1. The second-order valence-corrected chi connectivity index (χ2v) is 4.10. The van der Waals surface area contributed by atoms with Crippen molar-refractivity contribution in [2.24, 2.45) is 10.7 Å². The molecule has 2 N–H and O–H groups in total. The first-order valence-corrected chi connectivity index (χ1v) is 4.95. The largest absolute Gasteiger partial charge is 0.370 e. The lowest BCUT2D eigenvalue weighted by molar-refractivity contribution is 0.248. The van der Waals surface area contributed by atoms with E-state index in [1.165, 1.54) is 18.2 Å². The number of hydrogen-bond acceptors (Lipinski definition) is 3. The summed E-state index contributed by atoms with van der Waals surface area (Å²) >= 11 is 0. The maximum Gasteiger partial charge on any atom is 0.191 e. The average Bonchev–Trinajstić information content (AvgIpc) is 2.47. The molecule has 2 rings (SSSR count). The Balaban J connectivity index is 2.53. The van der Waals surface area contributed by atoms with Gasteiger partial charge in [-0.3, -0.25) is 4.99 Å². The zero-order valence-electron chi connectivity index (χ0n) is 9.17. The van der Waals surface area contributed by atoms with E-state index >= 15 is 0 Å². The fourth-order valence-electron chi connectivity index (χ4n) is 1.96. The summed E-state index contributed by atoms with van der Waals surface area (Å²) < 4.78 is 27.4. The molecule has 1 aromatic carbocycles. The van der Waals surface area contributed by atoms with Crippen molar-refractivity contribution < 1.29 is 8.78 Å². The molecule has 0 radical (unpaired) electrons. The highest BCUT2D eigenvalue weighted by atomic mass is 19.1. The van der Waals surface area contributed by atoms with Gasteiger partial charge in [0.2, 0.25) is 0 Å².